The van der Waals surface area contributed by atoms with Gasteiger partial charge in [0.25, 0.3) is 0 Å². The number of hydrogen-bond donors (Lipinski definition) is 1. The lowest BCUT2D eigenvalue weighted by Gasteiger charge is -2.12. The van der Waals surface area contributed by atoms with Crippen LogP contribution in [0.5, 0.6) is 0 Å². The van der Waals surface area contributed by atoms with Crippen LogP contribution in [0.1, 0.15) is 30.5 Å². The minimum atomic E-state index is -0.356. The van der Waals surface area contributed by atoms with E-state index in [1.807, 2.05) is 6.92 Å². The van der Waals surface area contributed by atoms with Crippen LogP contribution in [0.2, 0.25) is 0 Å². The van der Waals surface area contributed by atoms with Crippen molar-refractivity contribution < 1.29 is 9.53 Å². The van der Waals surface area contributed by atoms with E-state index in [1.165, 1.54) is 11.3 Å². The summed E-state index contributed by atoms with van der Waals surface area (Å²) in [6.45, 7) is 3.93. The minimum absolute atomic E-state index is 0.306. The van der Waals surface area contributed by atoms with Crippen LogP contribution in [-0.2, 0) is 4.74 Å². The molecule has 86 valence electrons. The average molecular weight is 239 g/mol. The lowest BCUT2D eigenvalue weighted by atomic mass is 10.4. The van der Waals surface area contributed by atoms with Gasteiger partial charge in [-0.3, -0.25) is 0 Å². The van der Waals surface area contributed by atoms with E-state index >= 15 is 0 Å². The minimum Gasteiger partial charge on any atom is -0.461 e. The summed E-state index contributed by atoms with van der Waals surface area (Å²) >= 11 is 1.48. The average Bonchev–Trinajstić information content (AvgIpc) is 2.74. The van der Waals surface area contributed by atoms with Gasteiger partial charge in [-0.25, -0.2) is 9.78 Å². The van der Waals surface area contributed by atoms with Crippen LogP contribution >= 0.6 is 11.3 Å². The SMILES string of the molecule is CCOC(=O)c1cc2scnc2n1C(C)N. The molecule has 0 saturated heterocycles. The van der Waals surface area contributed by atoms with Gasteiger partial charge in [-0.15, -0.1) is 11.3 Å². The van der Waals surface area contributed by atoms with Gasteiger partial charge in [0.15, 0.2) is 5.65 Å². The van der Waals surface area contributed by atoms with E-state index in [2.05, 4.69) is 4.98 Å². The van der Waals surface area contributed by atoms with Crippen LogP contribution in [0.4, 0.5) is 0 Å². The molecule has 0 saturated carbocycles. The topological polar surface area (TPSA) is 70.1 Å². The lowest BCUT2D eigenvalue weighted by molar-refractivity contribution is 0.0512. The van der Waals surface area contributed by atoms with Crippen LogP contribution < -0.4 is 5.73 Å². The van der Waals surface area contributed by atoms with Crippen molar-refractivity contribution in [1.82, 2.24) is 9.55 Å². The highest BCUT2D eigenvalue weighted by Crippen LogP contribution is 2.25. The highest BCUT2D eigenvalue weighted by Gasteiger charge is 2.19. The maximum atomic E-state index is 11.7. The number of ether oxygens (including phenoxy) is 1. The van der Waals surface area contributed by atoms with Crippen molar-refractivity contribution in [3.05, 3.63) is 17.3 Å². The van der Waals surface area contributed by atoms with E-state index in [-0.39, 0.29) is 12.1 Å². The Bertz CT molecular complexity index is 515. The van der Waals surface area contributed by atoms with Gasteiger partial charge in [-0.2, -0.15) is 0 Å². The number of rotatable bonds is 3. The summed E-state index contributed by atoms with van der Waals surface area (Å²) < 4.78 is 7.62. The predicted octanol–water partition coefficient (Wildman–Crippen LogP) is 1.75. The monoisotopic (exact) mass is 239 g/mol. The van der Waals surface area contributed by atoms with Crippen molar-refractivity contribution in [2.75, 3.05) is 6.61 Å². The second-order valence-corrected chi connectivity index (χ2v) is 4.29. The second-order valence-electron chi connectivity index (χ2n) is 3.40. The number of nitrogens with zero attached hydrogens (tertiary/aromatic N) is 2. The summed E-state index contributed by atoms with van der Waals surface area (Å²) in [5.41, 5.74) is 8.78. The molecule has 6 heteroatoms. The molecule has 0 aliphatic heterocycles. The summed E-state index contributed by atoms with van der Waals surface area (Å²) in [6.07, 6.45) is -0.306. The van der Waals surface area contributed by atoms with Crippen LogP contribution in [0, 0.1) is 0 Å². The fourth-order valence-corrected chi connectivity index (χ4v) is 2.31. The number of aromatic nitrogens is 2. The molecule has 2 aromatic rings. The molecule has 2 N–H and O–H groups in total. The van der Waals surface area contributed by atoms with E-state index in [1.54, 1.807) is 23.1 Å². The number of carbonyl (C=O) groups is 1. The zero-order chi connectivity index (χ0) is 11.7. The first-order chi connectivity index (χ1) is 7.65. The molecule has 1 unspecified atom stereocenters. The molecule has 1 atom stereocenters. The van der Waals surface area contributed by atoms with E-state index in [0.717, 1.165) is 10.3 Å². The lowest BCUT2D eigenvalue weighted by Crippen LogP contribution is -2.20. The Kier molecular flexibility index (Phi) is 2.93. The Labute approximate surface area is 96.8 Å². The van der Waals surface area contributed by atoms with Crippen LogP contribution in [0.25, 0.3) is 10.3 Å². The van der Waals surface area contributed by atoms with Crippen LogP contribution in [-0.4, -0.2) is 22.1 Å². The second kappa shape index (κ2) is 4.23. The highest BCUT2D eigenvalue weighted by molar-refractivity contribution is 7.16. The summed E-state index contributed by atoms with van der Waals surface area (Å²) in [4.78, 5) is 15.9. The van der Waals surface area contributed by atoms with E-state index in [0.29, 0.717) is 12.3 Å². The fraction of sp³-hybridized carbons (Fsp3) is 0.400. The standard InChI is InChI=1S/C10H13N3O2S/c1-3-15-10(14)7-4-8-9(12-5-16-8)13(7)6(2)11/h4-6H,3,11H2,1-2H3. The molecular weight excluding hydrogens is 226 g/mol. The molecule has 16 heavy (non-hydrogen) atoms. The molecule has 0 bridgehead atoms. The van der Waals surface area contributed by atoms with Crippen LogP contribution in [0.3, 0.4) is 0 Å². The normalized spacial score (nSPS) is 12.9. The van der Waals surface area contributed by atoms with E-state index < -0.39 is 0 Å². The zero-order valence-corrected chi connectivity index (χ0v) is 9.95. The molecule has 0 amide bonds. The summed E-state index contributed by atoms with van der Waals surface area (Å²) in [5.74, 6) is -0.356. The number of thiazole rings is 1. The summed E-state index contributed by atoms with van der Waals surface area (Å²) in [5, 5.41) is 0. The number of hydrogen-bond acceptors (Lipinski definition) is 5. The van der Waals surface area contributed by atoms with E-state index in [9.17, 15) is 4.79 Å². The predicted molar refractivity (Wildman–Crippen MR) is 62.5 cm³/mol. The van der Waals surface area contributed by atoms with Gasteiger partial charge in [0.05, 0.1) is 23.0 Å². The Morgan fingerprint density at radius 1 is 1.75 bits per heavy atom. The number of carbonyl (C=O) groups excluding carboxylic acids is 1. The van der Waals surface area contributed by atoms with Gasteiger partial charge in [0, 0.05) is 0 Å². The smallest absolute Gasteiger partial charge is 0.355 e. The third-order valence-corrected chi connectivity index (χ3v) is 2.99. The summed E-state index contributed by atoms with van der Waals surface area (Å²) in [6, 6.07) is 1.77. The number of nitrogens with two attached hydrogens (primary N) is 1. The van der Waals surface area contributed by atoms with Gasteiger partial charge < -0.3 is 15.0 Å². The maximum absolute atomic E-state index is 11.7. The number of esters is 1. The zero-order valence-electron chi connectivity index (χ0n) is 9.14. The van der Waals surface area contributed by atoms with Crippen molar-refractivity contribution in [2.45, 2.75) is 20.0 Å². The fourth-order valence-electron chi connectivity index (χ4n) is 1.61. The van der Waals surface area contributed by atoms with Crippen molar-refractivity contribution >= 4 is 27.7 Å². The quantitative estimate of drug-likeness (QED) is 0.828. The van der Waals surface area contributed by atoms with Gasteiger partial charge in [0.2, 0.25) is 0 Å². The number of fused-ring (bicyclic) bond motifs is 1. The van der Waals surface area contributed by atoms with Gasteiger partial charge in [-0.1, -0.05) is 0 Å². The van der Waals surface area contributed by atoms with Gasteiger partial charge >= 0.3 is 5.97 Å². The molecule has 0 aliphatic rings. The van der Waals surface area contributed by atoms with E-state index in [4.69, 9.17) is 10.5 Å². The van der Waals surface area contributed by atoms with Crippen molar-refractivity contribution in [1.29, 1.82) is 0 Å². The molecular formula is C10H13N3O2S. The van der Waals surface area contributed by atoms with Crippen LogP contribution in [0.15, 0.2) is 11.6 Å². The first kappa shape index (κ1) is 11.1. The Morgan fingerprint density at radius 3 is 3.12 bits per heavy atom. The molecule has 2 heterocycles. The molecule has 2 rings (SSSR count). The molecule has 0 radical (unpaired) electrons. The third-order valence-electron chi connectivity index (χ3n) is 2.22. The maximum Gasteiger partial charge on any atom is 0.355 e. The largest absolute Gasteiger partial charge is 0.461 e. The highest BCUT2D eigenvalue weighted by atomic mass is 32.1. The van der Waals surface area contributed by atoms with Crippen molar-refractivity contribution in [3.63, 3.8) is 0 Å². The first-order valence-corrected chi connectivity index (χ1v) is 5.90. The Morgan fingerprint density at radius 2 is 2.50 bits per heavy atom. The summed E-state index contributed by atoms with van der Waals surface area (Å²) in [7, 11) is 0. The Hall–Kier alpha value is -1.40. The van der Waals surface area contributed by atoms with Crippen molar-refractivity contribution in [2.24, 2.45) is 5.73 Å². The van der Waals surface area contributed by atoms with Gasteiger partial charge in [0.1, 0.15) is 5.69 Å². The molecule has 0 aromatic carbocycles. The van der Waals surface area contributed by atoms with Gasteiger partial charge in [-0.05, 0) is 19.9 Å². The molecule has 0 aliphatic carbocycles. The Balaban J connectivity index is 2.55. The van der Waals surface area contributed by atoms with Crippen molar-refractivity contribution in [3.8, 4) is 0 Å². The molecule has 0 fully saturated rings. The third kappa shape index (κ3) is 1.70. The molecule has 5 nitrogen and oxygen atoms in total. The first-order valence-electron chi connectivity index (χ1n) is 5.02. The molecule has 2 aromatic heterocycles. The molecule has 0 spiro atoms.